The molecule has 0 bridgehead atoms. The molecule has 0 amide bonds. The van der Waals surface area contributed by atoms with Gasteiger partial charge in [-0.3, -0.25) is 9.78 Å². The number of carbonyl (C=O) groups excluding carboxylic acids is 1. The molecule has 1 N–H and O–H groups in total. The zero-order valence-electron chi connectivity index (χ0n) is 10.3. The maximum atomic E-state index is 11.6. The minimum Gasteiger partial charge on any atom is -0.308 e. The van der Waals surface area contributed by atoms with Gasteiger partial charge >= 0.3 is 0 Å². The Labute approximate surface area is 97.3 Å². The molecule has 0 unspecified atom stereocenters. The minimum atomic E-state index is 0.186. The van der Waals surface area contributed by atoms with Crippen LogP contribution in [0.15, 0.2) is 18.3 Å². The fourth-order valence-electron chi connectivity index (χ4n) is 1.35. The van der Waals surface area contributed by atoms with Crippen LogP contribution in [0, 0.1) is 0 Å². The summed E-state index contributed by atoms with van der Waals surface area (Å²) < 4.78 is 0. The van der Waals surface area contributed by atoms with E-state index >= 15 is 0 Å². The predicted octanol–water partition coefficient (Wildman–Crippen LogP) is 1.75. The summed E-state index contributed by atoms with van der Waals surface area (Å²) in [4.78, 5) is 15.8. The second-order valence-corrected chi connectivity index (χ2v) is 4.26. The summed E-state index contributed by atoms with van der Waals surface area (Å²) in [6, 6.07) is 4.32. The molecule has 1 aromatic heterocycles. The van der Waals surface area contributed by atoms with Crippen LogP contribution in [0.4, 0.5) is 0 Å². The molecule has 88 valence electrons. The van der Waals surface area contributed by atoms with E-state index in [-0.39, 0.29) is 5.78 Å². The Hall–Kier alpha value is -1.22. The molecule has 0 aliphatic rings. The summed E-state index contributed by atoms with van der Waals surface area (Å²) in [6.45, 7) is 6.58. The van der Waals surface area contributed by atoms with E-state index in [0.29, 0.717) is 19.0 Å². The number of hydrogen-bond donors (Lipinski definition) is 1. The third kappa shape index (κ3) is 4.53. The second-order valence-electron chi connectivity index (χ2n) is 4.26. The van der Waals surface area contributed by atoms with Crippen molar-refractivity contribution in [2.45, 2.75) is 39.7 Å². The summed E-state index contributed by atoms with van der Waals surface area (Å²) in [6.07, 6.45) is 3.25. The van der Waals surface area contributed by atoms with Crippen LogP contribution in [0.25, 0.3) is 0 Å². The highest BCUT2D eigenvalue weighted by Gasteiger charge is 2.05. The maximum Gasteiger partial charge on any atom is 0.152 e. The molecular formula is C13H20N2O. The van der Waals surface area contributed by atoms with Crippen molar-refractivity contribution >= 4 is 5.78 Å². The Morgan fingerprint density at radius 3 is 2.69 bits per heavy atom. The van der Waals surface area contributed by atoms with Gasteiger partial charge in [0.15, 0.2) is 5.78 Å². The Morgan fingerprint density at radius 2 is 2.19 bits per heavy atom. The Bertz CT molecular complexity index is 330. The van der Waals surface area contributed by atoms with Crippen LogP contribution < -0.4 is 5.32 Å². The van der Waals surface area contributed by atoms with Crippen LogP contribution in [-0.2, 0) is 17.6 Å². The lowest BCUT2D eigenvalue weighted by Gasteiger charge is -2.06. The fraction of sp³-hybridized carbons (Fsp3) is 0.538. The number of rotatable bonds is 6. The number of carbonyl (C=O) groups is 1. The van der Waals surface area contributed by atoms with Gasteiger partial charge in [-0.05, 0) is 18.1 Å². The highest BCUT2D eigenvalue weighted by Crippen LogP contribution is 2.02. The SMILES string of the molecule is CCc1ccc(CC(=O)CNC(C)C)nc1. The number of nitrogens with one attached hydrogen (secondary N) is 1. The topological polar surface area (TPSA) is 42.0 Å². The van der Waals surface area contributed by atoms with E-state index in [0.717, 1.165) is 12.1 Å². The fourth-order valence-corrected chi connectivity index (χ4v) is 1.35. The van der Waals surface area contributed by atoms with E-state index in [2.05, 4.69) is 17.2 Å². The molecule has 0 atom stereocenters. The van der Waals surface area contributed by atoms with Gasteiger partial charge in [0.2, 0.25) is 0 Å². The number of ketones is 1. The molecule has 1 aromatic rings. The molecule has 0 aliphatic heterocycles. The van der Waals surface area contributed by atoms with Gasteiger partial charge < -0.3 is 5.32 Å². The van der Waals surface area contributed by atoms with Crippen LogP contribution in [0.1, 0.15) is 32.0 Å². The van der Waals surface area contributed by atoms with Crippen molar-refractivity contribution < 1.29 is 4.79 Å². The molecule has 3 heteroatoms. The summed E-state index contributed by atoms with van der Waals surface area (Å²) >= 11 is 0. The largest absolute Gasteiger partial charge is 0.308 e. The first-order valence-corrected chi connectivity index (χ1v) is 5.80. The molecule has 0 aliphatic carbocycles. The number of aromatic nitrogens is 1. The van der Waals surface area contributed by atoms with Crippen molar-refractivity contribution in [1.29, 1.82) is 0 Å². The van der Waals surface area contributed by atoms with E-state index in [4.69, 9.17) is 0 Å². The summed E-state index contributed by atoms with van der Waals surface area (Å²) in [7, 11) is 0. The van der Waals surface area contributed by atoms with E-state index in [1.807, 2.05) is 32.2 Å². The van der Waals surface area contributed by atoms with E-state index in [9.17, 15) is 4.79 Å². The van der Waals surface area contributed by atoms with Crippen LogP contribution in [0.2, 0.25) is 0 Å². The Kier molecular flexibility index (Phi) is 5.12. The van der Waals surface area contributed by atoms with Gasteiger partial charge in [-0.15, -0.1) is 0 Å². The molecule has 0 saturated heterocycles. The minimum absolute atomic E-state index is 0.186. The van der Waals surface area contributed by atoms with Crippen LogP contribution in [0.5, 0.6) is 0 Å². The molecule has 0 radical (unpaired) electrons. The highest BCUT2D eigenvalue weighted by atomic mass is 16.1. The third-order valence-electron chi connectivity index (χ3n) is 2.38. The monoisotopic (exact) mass is 220 g/mol. The number of hydrogen-bond acceptors (Lipinski definition) is 3. The zero-order chi connectivity index (χ0) is 12.0. The van der Waals surface area contributed by atoms with E-state index in [1.165, 1.54) is 5.56 Å². The summed E-state index contributed by atoms with van der Waals surface area (Å²) in [5, 5.41) is 3.11. The van der Waals surface area contributed by atoms with Crippen molar-refractivity contribution in [3.63, 3.8) is 0 Å². The van der Waals surface area contributed by atoms with Crippen LogP contribution in [0.3, 0.4) is 0 Å². The predicted molar refractivity (Wildman–Crippen MR) is 65.5 cm³/mol. The normalized spacial score (nSPS) is 10.8. The third-order valence-corrected chi connectivity index (χ3v) is 2.38. The van der Waals surface area contributed by atoms with Gasteiger partial charge in [0, 0.05) is 17.9 Å². The molecule has 1 heterocycles. The van der Waals surface area contributed by atoms with Crippen molar-refractivity contribution in [3.8, 4) is 0 Å². The van der Waals surface area contributed by atoms with Crippen molar-refractivity contribution in [1.82, 2.24) is 10.3 Å². The van der Waals surface area contributed by atoms with E-state index < -0.39 is 0 Å². The standard InChI is InChI=1S/C13H20N2O/c1-4-11-5-6-12(15-8-11)7-13(16)9-14-10(2)3/h5-6,8,10,14H,4,7,9H2,1-3H3. The lowest BCUT2D eigenvalue weighted by Crippen LogP contribution is -2.30. The summed E-state index contributed by atoms with van der Waals surface area (Å²) in [5.41, 5.74) is 2.06. The molecule has 0 spiro atoms. The molecule has 0 fully saturated rings. The maximum absolute atomic E-state index is 11.6. The van der Waals surface area contributed by atoms with Crippen molar-refractivity contribution in [2.24, 2.45) is 0 Å². The molecule has 16 heavy (non-hydrogen) atoms. The van der Waals surface area contributed by atoms with Gasteiger partial charge in [-0.25, -0.2) is 0 Å². The zero-order valence-corrected chi connectivity index (χ0v) is 10.3. The molecule has 3 nitrogen and oxygen atoms in total. The first-order valence-electron chi connectivity index (χ1n) is 5.80. The molecule has 0 saturated carbocycles. The quantitative estimate of drug-likeness (QED) is 0.794. The first-order chi connectivity index (χ1) is 7.61. The van der Waals surface area contributed by atoms with Crippen molar-refractivity contribution in [2.75, 3.05) is 6.54 Å². The van der Waals surface area contributed by atoms with E-state index in [1.54, 1.807) is 0 Å². The van der Waals surface area contributed by atoms with Crippen molar-refractivity contribution in [3.05, 3.63) is 29.6 Å². The number of pyridine rings is 1. The smallest absolute Gasteiger partial charge is 0.152 e. The summed E-state index contributed by atoms with van der Waals surface area (Å²) in [5.74, 6) is 0.186. The number of Topliss-reactive ketones (excluding diaryl/α,β-unsaturated/α-hetero) is 1. The van der Waals surface area contributed by atoms with Gasteiger partial charge in [0.05, 0.1) is 13.0 Å². The van der Waals surface area contributed by atoms with Gasteiger partial charge in [-0.2, -0.15) is 0 Å². The Balaban J connectivity index is 2.43. The van der Waals surface area contributed by atoms with Crippen LogP contribution in [-0.4, -0.2) is 23.4 Å². The average Bonchev–Trinajstić information content (AvgIpc) is 2.27. The molecular weight excluding hydrogens is 200 g/mol. The first kappa shape index (κ1) is 12.8. The molecule has 1 rings (SSSR count). The lowest BCUT2D eigenvalue weighted by atomic mass is 10.1. The highest BCUT2D eigenvalue weighted by molar-refractivity contribution is 5.82. The number of aryl methyl sites for hydroxylation is 1. The number of nitrogens with zero attached hydrogens (tertiary/aromatic N) is 1. The Morgan fingerprint density at radius 1 is 1.44 bits per heavy atom. The molecule has 0 aromatic carbocycles. The second kappa shape index (κ2) is 6.38. The van der Waals surface area contributed by atoms with Gasteiger partial charge in [-0.1, -0.05) is 26.8 Å². The van der Waals surface area contributed by atoms with Crippen LogP contribution >= 0.6 is 0 Å². The average molecular weight is 220 g/mol. The van der Waals surface area contributed by atoms with Gasteiger partial charge in [0.25, 0.3) is 0 Å². The lowest BCUT2D eigenvalue weighted by molar-refractivity contribution is -0.117. The van der Waals surface area contributed by atoms with Gasteiger partial charge in [0.1, 0.15) is 0 Å².